The Hall–Kier alpha value is -1.00. The Bertz CT molecular complexity index is 382. The number of rotatable bonds is 4. The van der Waals surface area contributed by atoms with E-state index in [0.29, 0.717) is 24.6 Å². The normalized spacial score (nSPS) is 21.0. The monoisotopic (exact) mass is 240 g/mol. The number of hydrogen-bond acceptors (Lipinski definition) is 2. The van der Waals surface area contributed by atoms with Gasteiger partial charge in [-0.3, -0.25) is 4.90 Å². The minimum absolute atomic E-state index is 0.452. The maximum atomic E-state index is 13.5. The van der Waals surface area contributed by atoms with Crippen LogP contribution in [0.4, 0.5) is 8.78 Å². The Morgan fingerprint density at radius 2 is 2.18 bits per heavy atom. The first-order chi connectivity index (χ1) is 8.19. The average molecular weight is 240 g/mol. The van der Waals surface area contributed by atoms with E-state index < -0.39 is 11.6 Å². The quantitative estimate of drug-likeness (QED) is 0.873. The molecule has 2 N–H and O–H groups in total. The average Bonchev–Trinajstić information content (AvgIpc) is 2.71. The summed E-state index contributed by atoms with van der Waals surface area (Å²) < 4.78 is 26.2. The maximum Gasteiger partial charge on any atom is 0.130 e. The van der Waals surface area contributed by atoms with Gasteiger partial charge in [0, 0.05) is 24.7 Å². The molecule has 0 radical (unpaired) electrons. The summed E-state index contributed by atoms with van der Waals surface area (Å²) in [6.45, 7) is 3.21. The van der Waals surface area contributed by atoms with Gasteiger partial charge in [-0.05, 0) is 37.9 Å². The third-order valence-corrected chi connectivity index (χ3v) is 3.35. The van der Waals surface area contributed by atoms with Gasteiger partial charge in [0.25, 0.3) is 0 Å². The van der Waals surface area contributed by atoms with Crippen molar-refractivity contribution >= 4 is 0 Å². The molecule has 0 bridgehead atoms. The first-order valence-corrected chi connectivity index (χ1v) is 6.05. The van der Waals surface area contributed by atoms with E-state index in [0.717, 1.165) is 32.0 Å². The third-order valence-electron chi connectivity index (χ3n) is 3.35. The van der Waals surface area contributed by atoms with E-state index in [1.807, 2.05) is 0 Å². The molecular weight excluding hydrogens is 222 g/mol. The highest BCUT2D eigenvalue weighted by Gasteiger charge is 2.22. The van der Waals surface area contributed by atoms with E-state index in [1.165, 1.54) is 12.1 Å². The largest absolute Gasteiger partial charge is 0.330 e. The molecule has 1 aliphatic rings. The van der Waals surface area contributed by atoms with Crippen LogP contribution in [0.3, 0.4) is 0 Å². The van der Waals surface area contributed by atoms with E-state index in [4.69, 9.17) is 5.73 Å². The third kappa shape index (κ3) is 3.23. The SMILES string of the molecule is NCCC1CCN(Cc2ccc(F)cc2F)C1. The molecule has 1 aromatic carbocycles. The van der Waals surface area contributed by atoms with Crippen LogP contribution in [0.1, 0.15) is 18.4 Å². The predicted molar refractivity (Wildman–Crippen MR) is 63.4 cm³/mol. The Labute approximate surface area is 100 Å². The van der Waals surface area contributed by atoms with Gasteiger partial charge in [-0.15, -0.1) is 0 Å². The summed E-state index contributed by atoms with van der Waals surface area (Å²) in [6, 6.07) is 3.79. The molecule has 0 aliphatic carbocycles. The van der Waals surface area contributed by atoms with Crippen molar-refractivity contribution in [3.8, 4) is 0 Å². The van der Waals surface area contributed by atoms with E-state index >= 15 is 0 Å². The highest BCUT2D eigenvalue weighted by molar-refractivity contribution is 5.18. The lowest BCUT2D eigenvalue weighted by Gasteiger charge is -2.16. The van der Waals surface area contributed by atoms with Crippen LogP contribution in [0.15, 0.2) is 18.2 Å². The summed E-state index contributed by atoms with van der Waals surface area (Å²) in [5, 5.41) is 0. The Morgan fingerprint density at radius 3 is 2.88 bits per heavy atom. The molecule has 1 unspecified atom stereocenters. The molecule has 2 rings (SSSR count). The molecule has 0 aromatic heterocycles. The summed E-state index contributed by atoms with van der Waals surface area (Å²) in [7, 11) is 0. The molecule has 1 heterocycles. The van der Waals surface area contributed by atoms with Crippen LogP contribution in [0.25, 0.3) is 0 Å². The standard InChI is InChI=1S/C13H18F2N2/c14-12-2-1-11(13(15)7-12)9-17-6-4-10(8-17)3-5-16/h1-2,7,10H,3-6,8-9,16H2. The van der Waals surface area contributed by atoms with Crippen molar-refractivity contribution < 1.29 is 8.78 Å². The lowest BCUT2D eigenvalue weighted by molar-refractivity contribution is 0.308. The van der Waals surface area contributed by atoms with Gasteiger partial charge in [-0.2, -0.15) is 0 Å². The molecule has 1 fully saturated rings. The minimum atomic E-state index is -0.520. The first-order valence-electron chi connectivity index (χ1n) is 6.05. The zero-order valence-electron chi connectivity index (χ0n) is 9.83. The number of likely N-dealkylation sites (tertiary alicyclic amines) is 1. The second-order valence-electron chi connectivity index (χ2n) is 4.70. The molecular formula is C13H18F2N2. The van der Waals surface area contributed by atoms with Crippen molar-refractivity contribution in [1.29, 1.82) is 0 Å². The molecule has 2 nitrogen and oxygen atoms in total. The van der Waals surface area contributed by atoms with Crippen LogP contribution >= 0.6 is 0 Å². The smallest absolute Gasteiger partial charge is 0.130 e. The Morgan fingerprint density at radius 1 is 1.35 bits per heavy atom. The van der Waals surface area contributed by atoms with Crippen LogP contribution < -0.4 is 5.73 Å². The van der Waals surface area contributed by atoms with Crippen LogP contribution in [-0.2, 0) is 6.54 Å². The lowest BCUT2D eigenvalue weighted by Crippen LogP contribution is -2.21. The van der Waals surface area contributed by atoms with Gasteiger partial charge in [-0.1, -0.05) is 6.07 Å². The van der Waals surface area contributed by atoms with Crippen LogP contribution in [0.5, 0.6) is 0 Å². The van der Waals surface area contributed by atoms with Gasteiger partial charge in [-0.25, -0.2) is 8.78 Å². The second-order valence-corrected chi connectivity index (χ2v) is 4.70. The molecule has 4 heteroatoms. The van der Waals surface area contributed by atoms with Crippen molar-refractivity contribution in [1.82, 2.24) is 4.90 Å². The van der Waals surface area contributed by atoms with Gasteiger partial charge in [0.05, 0.1) is 0 Å². The molecule has 1 aromatic rings. The van der Waals surface area contributed by atoms with Crippen molar-refractivity contribution in [2.45, 2.75) is 19.4 Å². The number of halogens is 2. The predicted octanol–water partition coefficient (Wildman–Crippen LogP) is 2.14. The molecule has 94 valence electrons. The summed E-state index contributed by atoms with van der Waals surface area (Å²) in [5.74, 6) is -0.343. The van der Waals surface area contributed by atoms with Gasteiger partial charge < -0.3 is 5.73 Å². The van der Waals surface area contributed by atoms with Gasteiger partial charge >= 0.3 is 0 Å². The summed E-state index contributed by atoms with van der Waals surface area (Å²) in [6.07, 6.45) is 2.16. The fourth-order valence-corrected chi connectivity index (χ4v) is 2.42. The van der Waals surface area contributed by atoms with Crippen molar-refractivity contribution in [3.05, 3.63) is 35.4 Å². The second kappa shape index (κ2) is 5.56. The van der Waals surface area contributed by atoms with E-state index in [2.05, 4.69) is 4.90 Å². The minimum Gasteiger partial charge on any atom is -0.330 e. The highest BCUT2D eigenvalue weighted by Crippen LogP contribution is 2.21. The Kier molecular flexibility index (Phi) is 4.07. The van der Waals surface area contributed by atoms with E-state index in [1.54, 1.807) is 0 Å². The molecule has 17 heavy (non-hydrogen) atoms. The summed E-state index contributed by atoms with van der Waals surface area (Å²) in [5.41, 5.74) is 6.10. The Balaban J connectivity index is 1.93. The van der Waals surface area contributed by atoms with Crippen molar-refractivity contribution in [2.75, 3.05) is 19.6 Å². The molecule has 0 saturated carbocycles. The fourth-order valence-electron chi connectivity index (χ4n) is 2.42. The van der Waals surface area contributed by atoms with Gasteiger partial charge in [0.2, 0.25) is 0 Å². The molecule has 1 aliphatic heterocycles. The number of hydrogen-bond donors (Lipinski definition) is 1. The van der Waals surface area contributed by atoms with Crippen LogP contribution in [-0.4, -0.2) is 24.5 Å². The topological polar surface area (TPSA) is 29.3 Å². The molecule has 1 saturated heterocycles. The van der Waals surface area contributed by atoms with E-state index in [-0.39, 0.29) is 0 Å². The fraction of sp³-hybridized carbons (Fsp3) is 0.538. The van der Waals surface area contributed by atoms with Gasteiger partial charge in [0.15, 0.2) is 0 Å². The zero-order chi connectivity index (χ0) is 12.3. The van der Waals surface area contributed by atoms with Crippen LogP contribution in [0.2, 0.25) is 0 Å². The van der Waals surface area contributed by atoms with Crippen molar-refractivity contribution in [2.24, 2.45) is 11.7 Å². The maximum absolute atomic E-state index is 13.5. The lowest BCUT2D eigenvalue weighted by atomic mass is 10.1. The highest BCUT2D eigenvalue weighted by atomic mass is 19.1. The molecule has 1 atom stereocenters. The van der Waals surface area contributed by atoms with Crippen molar-refractivity contribution in [3.63, 3.8) is 0 Å². The van der Waals surface area contributed by atoms with E-state index in [9.17, 15) is 8.78 Å². The van der Waals surface area contributed by atoms with Gasteiger partial charge in [0.1, 0.15) is 11.6 Å². The first kappa shape index (κ1) is 12.5. The van der Waals surface area contributed by atoms with Crippen LogP contribution in [0, 0.1) is 17.6 Å². The summed E-state index contributed by atoms with van der Waals surface area (Å²) >= 11 is 0. The summed E-state index contributed by atoms with van der Waals surface area (Å²) in [4.78, 5) is 2.21. The zero-order valence-corrected chi connectivity index (χ0v) is 9.83. The molecule has 0 amide bonds. The number of nitrogens with zero attached hydrogens (tertiary/aromatic N) is 1. The molecule has 0 spiro atoms. The number of nitrogens with two attached hydrogens (primary N) is 1. The number of benzene rings is 1.